The maximum Gasteiger partial charge on any atom is 0.0637 e. The summed E-state index contributed by atoms with van der Waals surface area (Å²) in [4.78, 5) is 8.06. The molecule has 18 heavy (non-hydrogen) atoms. The highest BCUT2D eigenvalue weighted by Gasteiger charge is 2.14. The van der Waals surface area contributed by atoms with Crippen LogP contribution in [0.25, 0.3) is 0 Å². The lowest BCUT2D eigenvalue weighted by Gasteiger charge is -2.19. The van der Waals surface area contributed by atoms with Gasteiger partial charge in [0.05, 0.1) is 5.02 Å². The average molecular weight is 262 g/mol. The van der Waals surface area contributed by atoms with Crippen molar-refractivity contribution in [2.75, 3.05) is 6.54 Å². The van der Waals surface area contributed by atoms with Gasteiger partial charge in [-0.3, -0.25) is 9.97 Å². The summed E-state index contributed by atoms with van der Waals surface area (Å²) in [6, 6.07) is 6.23. The van der Waals surface area contributed by atoms with Crippen LogP contribution in [0.15, 0.2) is 43.0 Å². The fourth-order valence-electron chi connectivity index (χ4n) is 1.96. The van der Waals surface area contributed by atoms with Gasteiger partial charge in [-0.15, -0.1) is 0 Å². The van der Waals surface area contributed by atoms with Crippen molar-refractivity contribution in [1.82, 2.24) is 15.3 Å². The summed E-state index contributed by atoms with van der Waals surface area (Å²) in [7, 11) is 0. The molecule has 0 saturated heterocycles. The molecule has 0 spiro atoms. The molecule has 0 aromatic carbocycles. The molecule has 0 bridgehead atoms. The first-order valence-electron chi connectivity index (χ1n) is 6.03. The average Bonchev–Trinajstić information content (AvgIpc) is 2.40. The Morgan fingerprint density at radius 2 is 1.89 bits per heavy atom. The summed E-state index contributed by atoms with van der Waals surface area (Å²) in [6.45, 7) is 2.99. The molecule has 1 unspecified atom stereocenters. The second kappa shape index (κ2) is 6.47. The van der Waals surface area contributed by atoms with Gasteiger partial charge < -0.3 is 5.32 Å². The van der Waals surface area contributed by atoms with Crippen LogP contribution in [-0.2, 0) is 6.42 Å². The molecule has 0 aliphatic carbocycles. The lowest BCUT2D eigenvalue weighted by molar-refractivity contribution is 0.549. The van der Waals surface area contributed by atoms with Crippen LogP contribution in [0.3, 0.4) is 0 Å². The largest absolute Gasteiger partial charge is 0.310 e. The smallest absolute Gasteiger partial charge is 0.0637 e. The van der Waals surface area contributed by atoms with Crippen LogP contribution in [-0.4, -0.2) is 16.5 Å². The number of likely N-dealkylation sites (N-methyl/N-ethyl adjacent to an activating group) is 1. The number of aromatic nitrogens is 2. The van der Waals surface area contributed by atoms with E-state index in [2.05, 4.69) is 22.2 Å². The Balaban J connectivity index is 2.21. The minimum atomic E-state index is 0.202. The molecule has 0 saturated carbocycles. The van der Waals surface area contributed by atoms with E-state index in [1.807, 2.05) is 30.6 Å². The number of nitrogens with one attached hydrogen (secondary N) is 1. The number of pyridine rings is 2. The molecule has 0 aliphatic heterocycles. The minimum absolute atomic E-state index is 0.202. The molecule has 0 amide bonds. The highest BCUT2D eigenvalue weighted by atomic mass is 35.5. The molecule has 0 aliphatic rings. The van der Waals surface area contributed by atoms with Gasteiger partial charge in [0.25, 0.3) is 0 Å². The van der Waals surface area contributed by atoms with Crippen molar-refractivity contribution in [3.8, 4) is 0 Å². The Bertz CT molecular complexity index is 487. The van der Waals surface area contributed by atoms with E-state index in [-0.39, 0.29) is 6.04 Å². The molecule has 4 heteroatoms. The van der Waals surface area contributed by atoms with E-state index in [4.69, 9.17) is 11.6 Å². The summed E-state index contributed by atoms with van der Waals surface area (Å²) in [5.74, 6) is 0. The number of hydrogen-bond donors (Lipinski definition) is 1. The SMILES string of the molecule is CCNC(Cc1ccncc1)c1ccncc1Cl. The zero-order chi connectivity index (χ0) is 12.8. The molecular formula is C14H16ClN3. The number of halogens is 1. The maximum absolute atomic E-state index is 6.21. The zero-order valence-electron chi connectivity index (χ0n) is 10.3. The van der Waals surface area contributed by atoms with Crippen LogP contribution in [0, 0.1) is 0 Å². The zero-order valence-corrected chi connectivity index (χ0v) is 11.1. The van der Waals surface area contributed by atoms with E-state index >= 15 is 0 Å². The third-order valence-electron chi connectivity index (χ3n) is 2.82. The van der Waals surface area contributed by atoms with E-state index in [0.29, 0.717) is 5.02 Å². The Labute approximate surface area is 112 Å². The second-order valence-electron chi connectivity index (χ2n) is 4.07. The van der Waals surface area contributed by atoms with Crippen LogP contribution >= 0.6 is 11.6 Å². The summed E-state index contributed by atoms with van der Waals surface area (Å²) in [6.07, 6.45) is 7.98. The Hall–Kier alpha value is -1.45. The molecule has 1 atom stereocenters. The van der Waals surface area contributed by atoms with Crippen molar-refractivity contribution in [2.24, 2.45) is 0 Å². The van der Waals surface area contributed by atoms with Gasteiger partial charge in [0.1, 0.15) is 0 Å². The maximum atomic E-state index is 6.21. The van der Waals surface area contributed by atoms with Crippen molar-refractivity contribution >= 4 is 11.6 Å². The first-order valence-corrected chi connectivity index (χ1v) is 6.40. The fourth-order valence-corrected chi connectivity index (χ4v) is 2.21. The molecule has 2 heterocycles. The monoisotopic (exact) mass is 261 g/mol. The van der Waals surface area contributed by atoms with E-state index < -0.39 is 0 Å². The Kier molecular flexibility index (Phi) is 4.67. The molecule has 3 nitrogen and oxygen atoms in total. The van der Waals surface area contributed by atoms with Crippen LogP contribution in [0.4, 0.5) is 0 Å². The third kappa shape index (κ3) is 3.28. The fraction of sp³-hybridized carbons (Fsp3) is 0.286. The molecule has 0 fully saturated rings. The number of nitrogens with zero attached hydrogens (tertiary/aromatic N) is 2. The highest BCUT2D eigenvalue weighted by Crippen LogP contribution is 2.24. The van der Waals surface area contributed by atoms with Crippen molar-refractivity contribution in [3.63, 3.8) is 0 Å². The molecule has 94 valence electrons. The molecule has 2 aromatic rings. The van der Waals surface area contributed by atoms with Crippen LogP contribution in [0.1, 0.15) is 24.1 Å². The molecule has 2 rings (SSSR count). The molecular weight excluding hydrogens is 246 g/mol. The van der Waals surface area contributed by atoms with Gasteiger partial charge in [0.2, 0.25) is 0 Å². The summed E-state index contributed by atoms with van der Waals surface area (Å²) >= 11 is 6.21. The first kappa shape index (κ1) is 13.0. The first-order chi connectivity index (χ1) is 8.81. The van der Waals surface area contributed by atoms with Crippen LogP contribution < -0.4 is 5.32 Å². The van der Waals surface area contributed by atoms with Crippen LogP contribution in [0.2, 0.25) is 5.02 Å². The quantitative estimate of drug-likeness (QED) is 0.899. The van der Waals surface area contributed by atoms with Crippen LogP contribution in [0.5, 0.6) is 0 Å². The van der Waals surface area contributed by atoms with E-state index in [1.54, 1.807) is 12.4 Å². The topological polar surface area (TPSA) is 37.8 Å². The molecule has 2 aromatic heterocycles. The number of hydrogen-bond acceptors (Lipinski definition) is 3. The van der Waals surface area contributed by atoms with Gasteiger partial charge in [-0.1, -0.05) is 18.5 Å². The van der Waals surface area contributed by atoms with Gasteiger partial charge in [-0.25, -0.2) is 0 Å². The summed E-state index contributed by atoms with van der Waals surface area (Å²) in [5.41, 5.74) is 2.33. The molecule has 1 N–H and O–H groups in total. The Morgan fingerprint density at radius 1 is 1.17 bits per heavy atom. The van der Waals surface area contributed by atoms with Gasteiger partial charge in [-0.05, 0) is 42.3 Å². The summed E-state index contributed by atoms with van der Waals surface area (Å²) in [5, 5.41) is 4.16. The predicted molar refractivity (Wildman–Crippen MR) is 73.6 cm³/mol. The third-order valence-corrected chi connectivity index (χ3v) is 3.13. The van der Waals surface area contributed by atoms with Crippen molar-refractivity contribution in [1.29, 1.82) is 0 Å². The lowest BCUT2D eigenvalue weighted by Crippen LogP contribution is -2.23. The number of rotatable bonds is 5. The Morgan fingerprint density at radius 3 is 2.56 bits per heavy atom. The summed E-state index contributed by atoms with van der Waals surface area (Å²) < 4.78 is 0. The van der Waals surface area contributed by atoms with Crippen molar-refractivity contribution < 1.29 is 0 Å². The van der Waals surface area contributed by atoms with Crippen molar-refractivity contribution in [3.05, 3.63) is 59.1 Å². The highest BCUT2D eigenvalue weighted by molar-refractivity contribution is 6.31. The second-order valence-corrected chi connectivity index (χ2v) is 4.47. The minimum Gasteiger partial charge on any atom is -0.310 e. The predicted octanol–water partition coefficient (Wildman–Crippen LogP) is 3.02. The van der Waals surface area contributed by atoms with Gasteiger partial charge in [0, 0.05) is 30.8 Å². The molecule has 0 radical (unpaired) electrons. The normalized spacial score (nSPS) is 12.3. The van der Waals surface area contributed by atoms with Gasteiger partial charge >= 0.3 is 0 Å². The van der Waals surface area contributed by atoms with E-state index in [9.17, 15) is 0 Å². The van der Waals surface area contributed by atoms with Gasteiger partial charge in [-0.2, -0.15) is 0 Å². The van der Waals surface area contributed by atoms with E-state index in [1.165, 1.54) is 5.56 Å². The van der Waals surface area contributed by atoms with E-state index in [0.717, 1.165) is 18.5 Å². The van der Waals surface area contributed by atoms with Gasteiger partial charge in [0.15, 0.2) is 0 Å². The van der Waals surface area contributed by atoms with Crippen molar-refractivity contribution in [2.45, 2.75) is 19.4 Å². The lowest BCUT2D eigenvalue weighted by atomic mass is 10.0. The standard InChI is InChI=1S/C14H16ClN3/c1-2-18-14(9-11-3-6-16-7-4-11)12-5-8-17-10-13(12)15/h3-8,10,14,18H,2,9H2,1H3.